The molecule has 6 N–H and O–H groups in total. The van der Waals surface area contributed by atoms with Crippen LogP contribution in [0.2, 0.25) is 0 Å². The second-order valence-electron chi connectivity index (χ2n) is 5.69. The summed E-state index contributed by atoms with van der Waals surface area (Å²) in [7, 11) is 0. The predicted octanol–water partition coefficient (Wildman–Crippen LogP) is 3.43. The Morgan fingerprint density at radius 1 is 1.32 bits per heavy atom. The number of nitrogens with two attached hydrogens (primary N) is 2. The highest BCUT2D eigenvalue weighted by Crippen LogP contribution is 2.27. The molecule has 1 aromatic carbocycles. The normalized spacial score (nSPS) is 12.8. The van der Waals surface area contributed by atoms with Crippen molar-refractivity contribution in [3.8, 4) is 0 Å². The topological polar surface area (TPSA) is 118 Å². The molecule has 7 nitrogen and oxygen atoms in total. The molecule has 0 unspecified atom stereocenters. The van der Waals surface area contributed by atoms with E-state index >= 15 is 0 Å². The Labute approximate surface area is 148 Å². The van der Waals surface area contributed by atoms with Gasteiger partial charge in [-0.1, -0.05) is 13.0 Å². The number of aromatic amines is 1. The Kier molecular flexibility index (Phi) is 5.94. The van der Waals surface area contributed by atoms with Crippen LogP contribution in [0.25, 0.3) is 5.57 Å². The van der Waals surface area contributed by atoms with Crippen LogP contribution in [0.15, 0.2) is 35.1 Å². The van der Waals surface area contributed by atoms with Crippen molar-refractivity contribution in [1.29, 1.82) is 0 Å². The smallest absolute Gasteiger partial charge is 0.248 e. The van der Waals surface area contributed by atoms with Crippen molar-refractivity contribution >= 4 is 29.4 Å². The van der Waals surface area contributed by atoms with E-state index in [0.29, 0.717) is 11.8 Å². The van der Waals surface area contributed by atoms with Gasteiger partial charge in [0.2, 0.25) is 11.9 Å². The highest BCUT2D eigenvalue weighted by atomic mass is 15.3. The first kappa shape index (κ1) is 18.3. The standard InChI is InChI=1S/C18H25N7/c1-5-7-15(19)21-10-13(6-2)16-11(3)8-14(9-12(16)4)22-18-23-17(20)24-25-18/h6-10H,5,19H2,1-4H3,(H4,20,22,23,24,25)/b13-6+,15-7+,21-10+. The van der Waals surface area contributed by atoms with Gasteiger partial charge in [-0.15, -0.1) is 5.10 Å². The molecule has 0 aliphatic carbocycles. The Bertz CT molecular complexity index is 805. The predicted molar refractivity (Wildman–Crippen MR) is 105 cm³/mol. The fraction of sp³-hybridized carbons (Fsp3) is 0.278. The molecule has 0 fully saturated rings. The van der Waals surface area contributed by atoms with E-state index in [1.807, 2.05) is 38.1 Å². The van der Waals surface area contributed by atoms with Gasteiger partial charge in [0.05, 0.1) is 0 Å². The van der Waals surface area contributed by atoms with Crippen LogP contribution in [0.4, 0.5) is 17.6 Å². The number of aromatic nitrogens is 3. The second-order valence-corrected chi connectivity index (χ2v) is 5.69. The average molecular weight is 339 g/mol. The number of allylic oxidation sites excluding steroid dienone is 3. The molecule has 132 valence electrons. The molecule has 0 saturated carbocycles. The van der Waals surface area contributed by atoms with E-state index in [4.69, 9.17) is 11.5 Å². The number of aliphatic imine (C=N–C) groups is 1. The van der Waals surface area contributed by atoms with Crippen LogP contribution in [-0.2, 0) is 0 Å². The van der Waals surface area contributed by atoms with E-state index in [9.17, 15) is 0 Å². The number of hydrogen-bond acceptors (Lipinski definition) is 6. The van der Waals surface area contributed by atoms with E-state index in [-0.39, 0.29) is 5.95 Å². The lowest BCUT2D eigenvalue weighted by Crippen LogP contribution is -2.00. The minimum absolute atomic E-state index is 0.276. The third kappa shape index (κ3) is 4.69. The van der Waals surface area contributed by atoms with Gasteiger partial charge in [-0.25, -0.2) is 10.1 Å². The zero-order valence-electron chi connectivity index (χ0n) is 15.1. The molecule has 1 aromatic heterocycles. The summed E-state index contributed by atoms with van der Waals surface area (Å²) in [6.45, 7) is 8.13. The summed E-state index contributed by atoms with van der Waals surface area (Å²) in [5, 5.41) is 9.73. The van der Waals surface area contributed by atoms with Crippen LogP contribution < -0.4 is 16.8 Å². The zero-order chi connectivity index (χ0) is 18.4. The van der Waals surface area contributed by atoms with Gasteiger partial charge in [-0.3, -0.25) is 0 Å². The quantitative estimate of drug-likeness (QED) is 0.601. The van der Waals surface area contributed by atoms with Gasteiger partial charge in [0, 0.05) is 11.9 Å². The van der Waals surface area contributed by atoms with Gasteiger partial charge in [0.1, 0.15) is 5.82 Å². The Morgan fingerprint density at radius 2 is 2.00 bits per heavy atom. The first-order valence-corrected chi connectivity index (χ1v) is 8.17. The molecule has 0 bridgehead atoms. The lowest BCUT2D eigenvalue weighted by atomic mass is 9.95. The second kappa shape index (κ2) is 8.14. The summed E-state index contributed by atoms with van der Waals surface area (Å²) in [6.07, 6.45) is 6.58. The van der Waals surface area contributed by atoms with Crippen LogP contribution in [0.1, 0.15) is 37.0 Å². The number of nitrogens with one attached hydrogen (secondary N) is 2. The molecule has 7 heteroatoms. The van der Waals surface area contributed by atoms with Crippen molar-refractivity contribution in [2.24, 2.45) is 10.7 Å². The Morgan fingerprint density at radius 3 is 2.52 bits per heavy atom. The van der Waals surface area contributed by atoms with Crippen LogP contribution in [0.5, 0.6) is 0 Å². The fourth-order valence-corrected chi connectivity index (χ4v) is 2.64. The van der Waals surface area contributed by atoms with Crippen LogP contribution in [-0.4, -0.2) is 21.4 Å². The van der Waals surface area contributed by atoms with E-state index in [1.54, 1.807) is 6.21 Å². The third-order valence-corrected chi connectivity index (χ3v) is 3.66. The SMILES string of the molecule is C\C=C(/C=N/C(N)=C/CC)c1c(C)cc(Nc2n[nH]c(N)n2)cc1C. The molecule has 1 heterocycles. The van der Waals surface area contributed by atoms with Gasteiger partial charge in [0.25, 0.3) is 0 Å². The van der Waals surface area contributed by atoms with Gasteiger partial charge < -0.3 is 16.8 Å². The van der Waals surface area contributed by atoms with E-state index in [1.165, 1.54) is 0 Å². The summed E-state index contributed by atoms with van der Waals surface area (Å²) < 4.78 is 0. The highest BCUT2D eigenvalue weighted by Gasteiger charge is 2.10. The van der Waals surface area contributed by atoms with Gasteiger partial charge in [-0.05, 0) is 67.7 Å². The molecule has 0 radical (unpaired) electrons. The number of aryl methyl sites for hydroxylation is 2. The highest BCUT2D eigenvalue weighted by molar-refractivity contribution is 6.11. The Balaban J connectivity index is 2.30. The van der Waals surface area contributed by atoms with Crippen molar-refractivity contribution in [3.63, 3.8) is 0 Å². The third-order valence-electron chi connectivity index (χ3n) is 3.66. The number of H-pyrrole nitrogens is 1. The number of nitrogens with zero attached hydrogens (tertiary/aromatic N) is 3. The average Bonchev–Trinajstić information content (AvgIpc) is 2.95. The minimum Gasteiger partial charge on any atom is -0.384 e. The molecule has 25 heavy (non-hydrogen) atoms. The van der Waals surface area contributed by atoms with Crippen molar-refractivity contribution < 1.29 is 0 Å². The summed E-state index contributed by atoms with van der Waals surface area (Å²) in [5.74, 6) is 1.24. The van der Waals surface area contributed by atoms with Crippen molar-refractivity contribution in [3.05, 3.63) is 46.8 Å². The monoisotopic (exact) mass is 339 g/mol. The first-order valence-electron chi connectivity index (χ1n) is 8.17. The molecule has 0 saturated heterocycles. The van der Waals surface area contributed by atoms with Gasteiger partial charge in [0.15, 0.2) is 0 Å². The van der Waals surface area contributed by atoms with Crippen LogP contribution in [0, 0.1) is 13.8 Å². The van der Waals surface area contributed by atoms with Crippen molar-refractivity contribution in [2.45, 2.75) is 34.1 Å². The fourth-order valence-electron chi connectivity index (χ4n) is 2.64. The van der Waals surface area contributed by atoms with E-state index in [2.05, 4.69) is 39.3 Å². The lowest BCUT2D eigenvalue weighted by molar-refractivity contribution is 1.10. The molecular weight excluding hydrogens is 314 g/mol. The van der Waals surface area contributed by atoms with Gasteiger partial charge >= 0.3 is 0 Å². The maximum atomic E-state index is 5.85. The summed E-state index contributed by atoms with van der Waals surface area (Å²) in [5.41, 5.74) is 16.7. The van der Waals surface area contributed by atoms with Crippen LogP contribution in [0.3, 0.4) is 0 Å². The molecule has 0 aliphatic heterocycles. The summed E-state index contributed by atoms with van der Waals surface area (Å²) in [6, 6.07) is 4.08. The van der Waals surface area contributed by atoms with E-state index in [0.717, 1.165) is 34.4 Å². The summed E-state index contributed by atoms with van der Waals surface area (Å²) in [4.78, 5) is 8.38. The number of rotatable bonds is 6. The molecule has 2 rings (SSSR count). The van der Waals surface area contributed by atoms with Crippen molar-refractivity contribution in [1.82, 2.24) is 15.2 Å². The van der Waals surface area contributed by atoms with Gasteiger partial charge in [-0.2, -0.15) is 4.98 Å². The van der Waals surface area contributed by atoms with Crippen LogP contribution >= 0.6 is 0 Å². The minimum atomic E-state index is 0.276. The molecule has 0 aliphatic rings. The number of benzene rings is 1. The summed E-state index contributed by atoms with van der Waals surface area (Å²) >= 11 is 0. The maximum absolute atomic E-state index is 5.85. The molecule has 0 amide bonds. The maximum Gasteiger partial charge on any atom is 0.248 e. The largest absolute Gasteiger partial charge is 0.384 e. The number of nitrogen functional groups attached to an aromatic ring is 1. The van der Waals surface area contributed by atoms with Crippen molar-refractivity contribution in [2.75, 3.05) is 11.1 Å². The van der Waals surface area contributed by atoms with E-state index < -0.39 is 0 Å². The Hall–Kier alpha value is -3.09. The lowest BCUT2D eigenvalue weighted by Gasteiger charge is -2.13. The number of hydrogen-bond donors (Lipinski definition) is 4. The molecule has 2 aromatic rings. The number of anilines is 3. The zero-order valence-corrected chi connectivity index (χ0v) is 15.1. The molecular formula is C18H25N7. The molecule has 0 atom stereocenters. The molecule has 0 spiro atoms. The first-order chi connectivity index (χ1) is 11.9.